The van der Waals surface area contributed by atoms with E-state index in [1.54, 1.807) is 6.20 Å². The monoisotopic (exact) mass is 206 g/mol. The molecule has 2 fully saturated rings. The van der Waals surface area contributed by atoms with Crippen LogP contribution in [0.3, 0.4) is 0 Å². The van der Waals surface area contributed by atoms with E-state index >= 15 is 0 Å². The summed E-state index contributed by atoms with van der Waals surface area (Å²) in [6.07, 6.45) is 8.97. The number of rotatable bonds is 2. The predicted octanol–water partition coefficient (Wildman–Crippen LogP) is 1.26. The minimum Gasteiger partial charge on any atom is -0.396 e. The fourth-order valence-electron chi connectivity index (χ4n) is 2.51. The van der Waals surface area contributed by atoms with Crippen molar-refractivity contribution in [2.45, 2.75) is 37.8 Å². The van der Waals surface area contributed by atoms with E-state index in [1.165, 1.54) is 38.8 Å². The Bertz CT molecular complexity index is 334. The molecule has 0 unspecified atom stereocenters. The third kappa shape index (κ3) is 1.86. The number of piperidine rings is 1. The maximum absolute atomic E-state index is 5.68. The largest absolute Gasteiger partial charge is 0.396 e. The Hall–Kier alpha value is -1.03. The van der Waals surface area contributed by atoms with Crippen molar-refractivity contribution in [3.8, 4) is 0 Å². The Morgan fingerprint density at radius 3 is 2.40 bits per heavy atom. The van der Waals surface area contributed by atoms with Crippen molar-refractivity contribution in [2.24, 2.45) is 0 Å². The molecule has 1 aliphatic heterocycles. The van der Waals surface area contributed by atoms with Gasteiger partial charge in [0.15, 0.2) is 0 Å². The van der Waals surface area contributed by atoms with Crippen molar-refractivity contribution in [1.29, 1.82) is 0 Å². The van der Waals surface area contributed by atoms with Crippen LogP contribution in [-0.4, -0.2) is 33.8 Å². The minimum atomic E-state index is 0.567. The highest BCUT2D eigenvalue weighted by atomic mass is 15.3. The van der Waals surface area contributed by atoms with E-state index in [0.29, 0.717) is 6.04 Å². The van der Waals surface area contributed by atoms with Crippen LogP contribution in [-0.2, 0) is 0 Å². The van der Waals surface area contributed by atoms with Gasteiger partial charge >= 0.3 is 0 Å². The van der Waals surface area contributed by atoms with Gasteiger partial charge in [0.25, 0.3) is 0 Å². The minimum absolute atomic E-state index is 0.567. The van der Waals surface area contributed by atoms with Crippen LogP contribution in [0.2, 0.25) is 0 Å². The zero-order valence-corrected chi connectivity index (χ0v) is 8.97. The average Bonchev–Trinajstić information content (AvgIpc) is 3.02. The normalized spacial score (nSPS) is 24.5. The standard InChI is InChI=1S/C11H18N4/c12-9-7-13-15(8-9)11-3-5-14(6-4-11)10-1-2-10/h7-8,10-11H,1-6,12H2. The number of nitrogens with two attached hydrogens (primary N) is 1. The average molecular weight is 206 g/mol. The summed E-state index contributed by atoms with van der Waals surface area (Å²) in [4.78, 5) is 2.63. The zero-order chi connectivity index (χ0) is 10.3. The molecule has 0 radical (unpaired) electrons. The molecule has 1 aromatic heterocycles. The van der Waals surface area contributed by atoms with E-state index in [2.05, 4.69) is 10.00 Å². The van der Waals surface area contributed by atoms with E-state index in [-0.39, 0.29) is 0 Å². The van der Waals surface area contributed by atoms with Gasteiger partial charge in [0.05, 0.1) is 17.9 Å². The number of nitrogens with zero attached hydrogens (tertiary/aromatic N) is 3. The van der Waals surface area contributed by atoms with Gasteiger partial charge in [0, 0.05) is 25.3 Å². The molecule has 1 aliphatic carbocycles. The summed E-state index contributed by atoms with van der Waals surface area (Å²) in [7, 11) is 0. The first-order valence-corrected chi connectivity index (χ1v) is 5.86. The summed E-state index contributed by atoms with van der Waals surface area (Å²) in [5.74, 6) is 0. The lowest BCUT2D eigenvalue weighted by atomic mass is 10.1. The maximum atomic E-state index is 5.68. The van der Waals surface area contributed by atoms with E-state index in [4.69, 9.17) is 5.73 Å². The van der Waals surface area contributed by atoms with Crippen LogP contribution < -0.4 is 5.73 Å². The van der Waals surface area contributed by atoms with Crippen LogP contribution >= 0.6 is 0 Å². The second-order valence-corrected chi connectivity index (χ2v) is 4.75. The summed E-state index contributed by atoms with van der Waals surface area (Å²) in [5.41, 5.74) is 6.45. The fourth-order valence-corrected chi connectivity index (χ4v) is 2.51. The van der Waals surface area contributed by atoms with E-state index in [1.807, 2.05) is 10.9 Å². The third-order valence-corrected chi connectivity index (χ3v) is 3.56. The number of hydrogen-bond acceptors (Lipinski definition) is 3. The molecule has 0 atom stereocenters. The lowest BCUT2D eigenvalue weighted by Crippen LogP contribution is -2.36. The van der Waals surface area contributed by atoms with Crippen LogP contribution in [0.15, 0.2) is 12.4 Å². The highest BCUT2D eigenvalue weighted by molar-refractivity contribution is 5.30. The number of nitrogen functional groups attached to an aromatic ring is 1. The number of anilines is 1. The molecule has 2 heterocycles. The van der Waals surface area contributed by atoms with E-state index in [9.17, 15) is 0 Å². The fraction of sp³-hybridized carbons (Fsp3) is 0.727. The molecule has 15 heavy (non-hydrogen) atoms. The number of likely N-dealkylation sites (tertiary alicyclic amines) is 1. The lowest BCUT2D eigenvalue weighted by Gasteiger charge is -2.31. The van der Waals surface area contributed by atoms with E-state index in [0.717, 1.165) is 11.7 Å². The molecule has 3 rings (SSSR count). The van der Waals surface area contributed by atoms with Crippen molar-refractivity contribution >= 4 is 5.69 Å². The van der Waals surface area contributed by atoms with Gasteiger partial charge in [0.1, 0.15) is 0 Å². The molecule has 1 saturated carbocycles. The second-order valence-electron chi connectivity index (χ2n) is 4.75. The Morgan fingerprint density at radius 1 is 1.13 bits per heavy atom. The second kappa shape index (κ2) is 3.52. The Balaban J connectivity index is 1.61. The van der Waals surface area contributed by atoms with Crippen LogP contribution in [0.25, 0.3) is 0 Å². The SMILES string of the molecule is Nc1cnn(C2CCN(C3CC3)CC2)c1. The summed E-state index contributed by atoms with van der Waals surface area (Å²) in [5, 5.41) is 4.30. The molecule has 4 heteroatoms. The van der Waals surface area contributed by atoms with Gasteiger partial charge in [-0.15, -0.1) is 0 Å². The van der Waals surface area contributed by atoms with Crippen molar-refractivity contribution in [3.63, 3.8) is 0 Å². The van der Waals surface area contributed by atoms with Gasteiger partial charge in [-0.2, -0.15) is 5.10 Å². The Kier molecular flexibility index (Phi) is 2.16. The highest BCUT2D eigenvalue weighted by Crippen LogP contribution is 2.32. The first-order chi connectivity index (χ1) is 7.33. The highest BCUT2D eigenvalue weighted by Gasteiger charge is 2.32. The first kappa shape index (κ1) is 9.21. The van der Waals surface area contributed by atoms with Crippen LogP contribution in [0.5, 0.6) is 0 Å². The van der Waals surface area contributed by atoms with Crippen molar-refractivity contribution in [2.75, 3.05) is 18.8 Å². The molecule has 0 aromatic carbocycles. The molecule has 1 aromatic rings. The van der Waals surface area contributed by atoms with Crippen LogP contribution in [0, 0.1) is 0 Å². The Labute approximate surface area is 90.0 Å². The summed E-state index contributed by atoms with van der Waals surface area (Å²) < 4.78 is 2.04. The molecule has 4 nitrogen and oxygen atoms in total. The number of aromatic nitrogens is 2. The quantitative estimate of drug-likeness (QED) is 0.792. The predicted molar refractivity (Wildman–Crippen MR) is 59.5 cm³/mol. The lowest BCUT2D eigenvalue weighted by molar-refractivity contribution is 0.172. The topological polar surface area (TPSA) is 47.1 Å². The summed E-state index contributed by atoms with van der Waals surface area (Å²) in [6.45, 7) is 2.46. The number of hydrogen-bond donors (Lipinski definition) is 1. The smallest absolute Gasteiger partial charge is 0.0719 e. The molecule has 0 spiro atoms. The van der Waals surface area contributed by atoms with Gasteiger partial charge in [0.2, 0.25) is 0 Å². The van der Waals surface area contributed by atoms with Gasteiger partial charge in [-0.1, -0.05) is 0 Å². The molecular weight excluding hydrogens is 188 g/mol. The molecule has 0 amide bonds. The third-order valence-electron chi connectivity index (χ3n) is 3.56. The van der Waals surface area contributed by atoms with Gasteiger partial charge in [-0.25, -0.2) is 0 Å². The molecule has 1 saturated heterocycles. The first-order valence-electron chi connectivity index (χ1n) is 5.86. The van der Waals surface area contributed by atoms with Crippen molar-refractivity contribution in [1.82, 2.24) is 14.7 Å². The Morgan fingerprint density at radius 2 is 1.87 bits per heavy atom. The zero-order valence-electron chi connectivity index (χ0n) is 8.97. The van der Waals surface area contributed by atoms with Gasteiger partial charge < -0.3 is 10.6 Å². The van der Waals surface area contributed by atoms with Gasteiger partial charge in [-0.3, -0.25) is 4.68 Å². The summed E-state index contributed by atoms with van der Waals surface area (Å²) >= 11 is 0. The molecule has 2 aliphatic rings. The van der Waals surface area contributed by atoms with Crippen molar-refractivity contribution < 1.29 is 0 Å². The molecule has 2 N–H and O–H groups in total. The molecule has 0 bridgehead atoms. The molecule has 82 valence electrons. The molecular formula is C11H18N4. The van der Waals surface area contributed by atoms with Gasteiger partial charge in [-0.05, 0) is 25.7 Å². The van der Waals surface area contributed by atoms with E-state index < -0.39 is 0 Å². The van der Waals surface area contributed by atoms with Crippen molar-refractivity contribution in [3.05, 3.63) is 12.4 Å². The van der Waals surface area contributed by atoms with Crippen LogP contribution in [0.1, 0.15) is 31.7 Å². The maximum Gasteiger partial charge on any atom is 0.0719 e. The summed E-state index contributed by atoms with van der Waals surface area (Å²) in [6, 6.07) is 1.48. The van der Waals surface area contributed by atoms with Crippen LogP contribution in [0.4, 0.5) is 5.69 Å².